The third kappa shape index (κ3) is 4.27. The zero-order valence-corrected chi connectivity index (χ0v) is 21.9. The van der Waals surface area contributed by atoms with Gasteiger partial charge in [-0.3, -0.25) is 0 Å². The second-order valence-electron chi connectivity index (χ2n) is 9.45. The van der Waals surface area contributed by atoms with E-state index in [9.17, 15) is 0 Å². The van der Waals surface area contributed by atoms with Crippen molar-refractivity contribution in [2.75, 3.05) is 12.3 Å². The molecule has 4 aromatic carbocycles. The molecule has 0 amide bonds. The van der Waals surface area contributed by atoms with Crippen LogP contribution in [0, 0.1) is 0 Å². The number of halogens is 1. The molecule has 1 aliphatic rings. The molecule has 0 aromatic heterocycles. The minimum atomic E-state index is -1.09. The molecule has 5 rings (SSSR count). The van der Waals surface area contributed by atoms with Gasteiger partial charge in [0.05, 0.1) is 24.6 Å². The average molecular weight is 505 g/mol. The van der Waals surface area contributed by atoms with E-state index in [0.717, 1.165) is 0 Å². The molecular weight excluding hydrogens is 471 g/mol. The molecule has 0 saturated carbocycles. The van der Waals surface area contributed by atoms with Crippen LogP contribution in [0.25, 0.3) is 32.7 Å². The lowest BCUT2D eigenvalue weighted by Crippen LogP contribution is -3.00. The number of unbranched alkanes of at least 4 members (excludes halogenated alkanes) is 2. The van der Waals surface area contributed by atoms with E-state index in [-0.39, 0.29) is 17.0 Å². The van der Waals surface area contributed by atoms with Crippen molar-refractivity contribution in [3.8, 4) is 11.1 Å². The smallest absolute Gasteiger partial charge is 0.0852 e. The number of rotatable bonds is 6. The van der Waals surface area contributed by atoms with E-state index < -0.39 is 7.26 Å². The van der Waals surface area contributed by atoms with Gasteiger partial charge in [0.2, 0.25) is 0 Å². The van der Waals surface area contributed by atoms with Gasteiger partial charge in [-0.05, 0) is 56.6 Å². The third-order valence-corrected chi connectivity index (χ3v) is 11.8. The molecule has 0 unspecified atom stereocenters. The molecule has 0 spiro atoms. The highest BCUT2D eigenvalue weighted by Gasteiger charge is 2.41. The van der Waals surface area contributed by atoms with Crippen molar-refractivity contribution in [3.05, 3.63) is 83.9 Å². The first-order chi connectivity index (χ1) is 15.2. The minimum absolute atomic E-state index is 0. The number of hydrogen-bond acceptors (Lipinski definition) is 0. The fourth-order valence-electron chi connectivity index (χ4n) is 5.68. The third-order valence-electron chi connectivity index (χ3n) is 7.26. The first-order valence-corrected chi connectivity index (χ1v) is 14.6. The van der Waals surface area contributed by atoms with E-state index in [1.54, 1.807) is 11.1 Å². The Bertz CT molecular complexity index is 1130. The second kappa shape index (κ2) is 10.1. The number of benzene rings is 4. The molecule has 4 aromatic rings. The predicted octanol–water partition coefficient (Wildman–Crippen LogP) is 6.30. The molecule has 0 radical (unpaired) electrons. The van der Waals surface area contributed by atoms with Crippen molar-refractivity contribution in [2.24, 2.45) is 0 Å². The average Bonchev–Trinajstić information content (AvgIpc) is 2.96. The van der Waals surface area contributed by atoms with Crippen LogP contribution in [0.3, 0.4) is 0 Å². The van der Waals surface area contributed by atoms with Gasteiger partial charge in [0, 0.05) is 7.26 Å². The van der Waals surface area contributed by atoms with E-state index in [1.807, 2.05) is 0 Å². The van der Waals surface area contributed by atoms with Crippen LogP contribution in [0.1, 0.15) is 50.7 Å². The van der Waals surface area contributed by atoms with Crippen LogP contribution in [-0.4, -0.2) is 12.3 Å². The summed E-state index contributed by atoms with van der Waals surface area (Å²) in [5.74, 6) is 0. The fourth-order valence-corrected chi connectivity index (χ4v) is 10.6. The van der Waals surface area contributed by atoms with Crippen LogP contribution >= 0.6 is 7.26 Å². The summed E-state index contributed by atoms with van der Waals surface area (Å²) in [5.41, 5.74) is 6.27. The van der Waals surface area contributed by atoms with Crippen LogP contribution in [0.5, 0.6) is 0 Å². The van der Waals surface area contributed by atoms with Gasteiger partial charge in [-0.1, -0.05) is 99.5 Å². The normalized spacial score (nSPS) is 14.4. The Morgan fingerprint density at radius 3 is 1.47 bits per heavy atom. The quantitative estimate of drug-likeness (QED) is 0.270. The van der Waals surface area contributed by atoms with Crippen LogP contribution in [0.2, 0.25) is 0 Å². The summed E-state index contributed by atoms with van der Waals surface area (Å²) < 4.78 is 0. The maximum absolute atomic E-state index is 2.47. The van der Waals surface area contributed by atoms with Crippen molar-refractivity contribution in [1.29, 1.82) is 0 Å². The Labute approximate surface area is 204 Å². The van der Waals surface area contributed by atoms with Gasteiger partial charge in [-0.15, -0.1) is 0 Å². The molecule has 0 saturated heterocycles. The summed E-state index contributed by atoms with van der Waals surface area (Å²) >= 11 is 0. The predicted molar refractivity (Wildman–Crippen MR) is 141 cm³/mol. The van der Waals surface area contributed by atoms with Crippen LogP contribution < -0.4 is 17.0 Å². The second-order valence-corrected chi connectivity index (χ2v) is 13.7. The van der Waals surface area contributed by atoms with Crippen molar-refractivity contribution in [3.63, 3.8) is 0 Å². The monoisotopic (exact) mass is 504 g/mol. The summed E-state index contributed by atoms with van der Waals surface area (Å²) in [6.07, 6.45) is 10.9. The summed E-state index contributed by atoms with van der Waals surface area (Å²) in [6.45, 7) is 4.72. The molecule has 0 atom stereocenters. The molecule has 32 heavy (non-hydrogen) atoms. The van der Waals surface area contributed by atoms with E-state index in [2.05, 4.69) is 86.6 Å². The van der Waals surface area contributed by atoms with Crippen molar-refractivity contribution >= 4 is 28.8 Å². The Hall–Kier alpha value is -1.69. The molecular formula is C30H34BrP. The van der Waals surface area contributed by atoms with Crippen molar-refractivity contribution in [1.82, 2.24) is 0 Å². The van der Waals surface area contributed by atoms with Crippen molar-refractivity contribution < 1.29 is 17.0 Å². The largest absolute Gasteiger partial charge is 1.00 e. The lowest BCUT2D eigenvalue weighted by Gasteiger charge is -2.27. The Morgan fingerprint density at radius 2 is 1.03 bits per heavy atom. The van der Waals surface area contributed by atoms with E-state index in [1.165, 1.54) is 83.0 Å². The minimum Gasteiger partial charge on any atom is -1.00 e. The summed E-state index contributed by atoms with van der Waals surface area (Å²) in [4.78, 5) is 0. The van der Waals surface area contributed by atoms with E-state index in [0.29, 0.717) is 0 Å². The SMILES string of the molecule is CCCC[P+]1(CCCC)Cc2ccc3ccccc3c2-c2c(ccc3ccccc23)C1.[Br-]. The summed E-state index contributed by atoms with van der Waals surface area (Å²) in [5, 5.41) is 5.60. The highest BCUT2D eigenvalue weighted by Crippen LogP contribution is 2.68. The number of hydrogen-bond donors (Lipinski definition) is 0. The lowest BCUT2D eigenvalue weighted by molar-refractivity contribution is -0.00000630. The highest BCUT2D eigenvalue weighted by atomic mass is 79.9. The Morgan fingerprint density at radius 1 is 0.594 bits per heavy atom. The molecule has 1 aliphatic heterocycles. The molecule has 0 N–H and O–H groups in total. The molecule has 0 fully saturated rings. The maximum atomic E-state index is 2.47. The highest BCUT2D eigenvalue weighted by molar-refractivity contribution is 7.74. The molecule has 0 nitrogen and oxygen atoms in total. The van der Waals surface area contributed by atoms with Gasteiger partial charge in [0.1, 0.15) is 0 Å². The van der Waals surface area contributed by atoms with Crippen LogP contribution in [0.15, 0.2) is 72.8 Å². The zero-order valence-electron chi connectivity index (χ0n) is 19.4. The fraction of sp³-hybridized carbons (Fsp3) is 0.333. The van der Waals surface area contributed by atoms with Gasteiger partial charge in [0.15, 0.2) is 0 Å². The van der Waals surface area contributed by atoms with E-state index in [4.69, 9.17) is 0 Å². The van der Waals surface area contributed by atoms with Gasteiger partial charge in [-0.2, -0.15) is 0 Å². The van der Waals surface area contributed by atoms with Gasteiger partial charge in [0.25, 0.3) is 0 Å². The standard InChI is InChI=1S/C30H34P.BrH/c1-3-5-19-31(20-6-4-2)21-25-17-15-23-11-7-9-13-27(23)29(25)30-26(22-31)18-16-24-12-8-10-14-28(24)30;/h7-18H,3-6,19-22H2,1-2H3;1H/q+1;/p-1. The molecule has 1 heterocycles. The first-order valence-electron chi connectivity index (χ1n) is 12.1. The molecule has 2 heteroatoms. The molecule has 0 bridgehead atoms. The van der Waals surface area contributed by atoms with Crippen LogP contribution in [0.4, 0.5) is 0 Å². The Kier molecular flexibility index (Phi) is 7.38. The van der Waals surface area contributed by atoms with Crippen LogP contribution in [-0.2, 0) is 12.3 Å². The molecule has 0 aliphatic carbocycles. The maximum Gasteiger partial charge on any atom is 0.0852 e. The first kappa shape index (κ1) is 23.5. The topological polar surface area (TPSA) is 0 Å². The zero-order chi connectivity index (χ0) is 21.3. The van der Waals surface area contributed by atoms with Crippen molar-refractivity contribution in [2.45, 2.75) is 51.9 Å². The van der Waals surface area contributed by atoms with Gasteiger partial charge < -0.3 is 17.0 Å². The Balaban J connectivity index is 0.00000245. The van der Waals surface area contributed by atoms with Gasteiger partial charge >= 0.3 is 0 Å². The molecule has 166 valence electrons. The summed E-state index contributed by atoms with van der Waals surface area (Å²) in [7, 11) is -1.09. The van der Waals surface area contributed by atoms with E-state index >= 15 is 0 Å². The lowest BCUT2D eigenvalue weighted by atomic mass is 9.88. The summed E-state index contributed by atoms with van der Waals surface area (Å²) in [6, 6.07) is 27.7. The van der Waals surface area contributed by atoms with Gasteiger partial charge in [-0.25, -0.2) is 0 Å². The number of fused-ring (bicyclic) bond motifs is 7.